The minimum Gasteiger partial charge on any atom is -0.351 e. The Balaban J connectivity index is 1.94. The van der Waals surface area contributed by atoms with Gasteiger partial charge in [-0.1, -0.05) is 53.2 Å². The lowest BCUT2D eigenvalue weighted by atomic mass is 9.86. The van der Waals surface area contributed by atoms with Gasteiger partial charge in [0.15, 0.2) is 5.78 Å². The van der Waals surface area contributed by atoms with Crippen molar-refractivity contribution in [1.82, 2.24) is 5.16 Å². The first-order chi connectivity index (χ1) is 10.7. The van der Waals surface area contributed by atoms with Gasteiger partial charge in [-0.15, -0.1) is 0 Å². The first kappa shape index (κ1) is 13.0. The van der Waals surface area contributed by atoms with Crippen LogP contribution in [0.15, 0.2) is 53.1 Å². The minimum absolute atomic E-state index is 0.00588. The Kier molecular flexibility index (Phi) is 2.74. The van der Waals surface area contributed by atoms with Crippen molar-refractivity contribution in [2.24, 2.45) is 0 Å². The van der Waals surface area contributed by atoms with Gasteiger partial charge in [0.25, 0.3) is 0 Å². The van der Waals surface area contributed by atoms with Gasteiger partial charge >= 0.3 is 0 Å². The number of nitrogens with zero attached hydrogens (tertiary/aromatic N) is 1. The van der Waals surface area contributed by atoms with Crippen LogP contribution in [0.5, 0.6) is 0 Å². The van der Waals surface area contributed by atoms with Gasteiger partial charge in [-0.3, -0.25) is 9.59 Å². The Labute approximate surface area is 130 Å². The van der Waals surface area contributed by atoms with Crippen LogP contribution in [-0.4, -0.2) is 16.7 Å². The number of fused-ring (bicyclic) bond motifs is 2. The predicted octanol–water partition coefficient (Wildman–Crippen LogP) is 3.77. The molecule has 106 valence electrons. The molecule has 4 nitrogen and oxygen atoms in total. The molecular weight excluding hydrogens is 302 g/mol. The maximum absolute atomic E-state index is 12.7. The van der Waals surface area contributed by atoms with E-state index in [0.717, 1.165) is 0 Å². The Morgan fingerprint density at radius 1 is 0.864 bits per heavy atom. The van der Waals surface area contributed by atoms with Crippen molar-refractivity contribution >= 4 is 23.2 Å². The Morgan fingerprint density at radius 3 is 2.18 bits per heavy atom. The van der Waals surface area contributed by atoms with Crippen molar-refractivity contribution in [1.29, 1.82) is 0 Å². The molecule has 2 aromatic carbocycles. The van der Waals surface area contributed by atoms with Gasteiger partial charge in [0.2, 0.25) is 11.5 Å². The number of ketones is 2. The molecule has 0 spiro atoms. The summed E-state index contributed by atoms with van der Waals surface area (Å²) >= 11 is 5.87. The van der Waals surface area contributed by atoms with Crippen LogP contribution in [0.1, 0.15) is 32.0 Å². The second-order valence-corrected chi connectivity index (χ2v) is 5.38. The van der Waals surface area contributed by atoms with Crippen LogP contribution in [0, 0.1) is 0 Å². The Morgan fingerprint density at radius 2 is 1.50 bits per heavy atom. The molecular formula is C17H8ClNO3. The van der Waals surface area contributed by atoms with Gasteiger partial charge in [-0.05, 0) is 12.1 Å². The summed E-state index contributed by atoms with van der Waals surface area (Å²) in [7, 11) is 0. The average molecular weight is 310 g/mol. The van der Waals surface area contributed by atoms with E-state index in [0.29, 0.717) is 27.4 Å². The highest BCUT2D eigenvalue weighted by molar-refractivity contribution is 6.31. The quantitative estimate of drug-likeness (QED) is 0.537. The van der Waals surface area contributed by atoms with E-state index in [1.165, 1.54) is 0 Å². The molecule has 1 aliphatic carbocycles. The third-order valence-electron chi connectivity index (χ3n) is 3.66. The van der Waals surface area contributed by atoms with Gasteiger partial charge in [0.1, 0.15) is 11.3 Å². The number of hydrogen-bond acceptors (Lipinski definition) is 4. The second-order valence-electron chi connectivity index (χ2n) is 4.95. The second kappa shape index (κ2) is 4.64. The molecule has 5 heteroatoms. The highest BCUT2D eigenvalue weighted by Crippen LogP contribution is 2.34. The number of aromatic nitrogens is 1. The van der Waals surface area contributed by atoms with Crippen molar-refractivity contribution in [2.75, 3.05) is 0 Å². The molecule has 1 aromatic heterocycles. The highest BCUT2D eigenvalue weighted by Gasteiger charge is 2.36. The van der Waals surface area contributed by atoms with Gasteiger partial charge in [0.05, 0.1) is 0 Å². The third kappa shape index (κ3) is 1.74. The first-order valence-corrected chi connectivity index (χ1v) is 6.98. The van der Waals surface area contributed by atoms with Gasteiger partial charge < -0.3 is 4.52 Å². The number of halogens is 1. The Bertz CT molecular complexity index is 925. The summed E-state index contributed by atoms with van der Waals surface area (Å²) in [6, 6.07) is 13.6. The van der Waals surface area contributed by atoms with Crippen LogP contribution in [0.4, 0.5) is 0 Å². The van der Waals surface area contributed by atoms with E-state index in [9.17, 15) is 9.59 Å². The van der Waals surface area contributed by atoms with Crippen LogP contribution in [0.25, 0.3) is 11.3 Å². The number of rotatable bonds is 1. The molecule has 0 bridgehead atoms. The number of carbonyl (C=O) groups is 2. The SMILES string of the molecule is O=C1c2ccccc2C(=O)c2c(-c3ccc(Cl)cc3)noc21. The van der Waals surface area contributed by atoms with Crippen molar-refractivity contribution in [3.63, 3.8) is 0 Å². The van der Waals surface area contributed by atoms with E-state index in [1.54, 1.807) is 48.5 Å². The minimum atomic E-state index is -0.321. The molecule has 0 radical (unpaired) electrons. The van der Waals surface area contributed by atoms with E-state index in [4.69, 9.17) is 16.1 Å². The van der Waals surface area contributed by atoms with Crippen molar-refractivity contribution in [2.45, 2.75) is 0 Å². The van der Waals surface area contributed by atoms with Gasteiger partial charge in [-0.25, -0.2) is 0 Å². The number of hydrogen-bond donors (Lipinski definition) is 0. The van der Waals surface area contributed by atoms with E-state index >= 15 is 0 Å². The van der Waals surface area contributed by atoms with Crippen molar-refractivity contribution < 1.29 is 14.1 Å². The molecule has 3 aromatic rings. The normalized spacial score (nSPS) is 13.0. The van der Waals surface area contributed by atoms with Crippen LogP contribution in [0.2, 0.25) is 5.02 Å². The number of benzene rings is 2. The maximum atomic E-state index is 12.7. The lowest BCUT2D eigenvalue weighted by Crippen LogP contribution is -2.19. The summed E-state index contributed by atoms with van der Waals surface area (Å²) in [5.41, 5.74) is 1.97. The first-order valence-electron chi connectivity index (χ1n) is 6.61. The predicted molar refractivity (Wildman–Crippen MR) is 80.3 cm³/mol. The smallest absolute Gasteiger partial charge is 0.232 e. The van der Waals surface area contributed by atoms with Gasteiger partial charge in [-0.2, -0.15) is 0 Å². The fraction of sp³-hybridized carbons (Fsp3) is 0. The molecule has 1 aliphatic rings. The monoisotopic (exact) mass is 309 g/mol. The lowest BCUT2D eigenvalue weighted by Gasteiger charge is -2.12. The molecule has 0 unspecified atom stereocenters. The van der Waals surface area contributed by atoms with Crippen molar-refractivity contribution in [3.05, 3.63) is 76.0 Å². The van der Waals surface area contributed by atoms with E-state index in [1.807, 2.05) is 0 Å². The van der Waals surface area contributed by atoms with Crippen LogP contribution in [0.3, 0.4) is 0 Å². The van der Waals surface area contributed by atoms with Crippen LogP contribution >= 0.6 is 11.6 Å². The topological polar surface area (TPSA) is 60.2 Å². The van der Waals surface area contributed by atoms with E-state index in [2.05, 4.69) is 5.16 Å². The summed E-state index contributed by atoms with van der Waals surface area (Å²) in [6.45, 7) is 0. The third-order valence-corrected chi connectivity index (χ3v) is 3.91. The summed E-state index contributed by atoms with van der Waals surface area (Å²) in [5, 5.41) is 4.50. The summed E-state index contributed by atoms with van der Waals surface area (Å²) in [4.78, 5) is 25.1. The molecule has 0 aliphatic heterocycles. The fourth-order valence-electron chi connectivity index (χ4n) is 2.60. The summed E-state index contributed by atoms with van der Waals surface area (Å²) < 4.78 is 5.16. The maximum Gasteiger partial charge on any atom is 0.232 e. The van der Waals surface area contributed by atoms with Crippen LogP contribution in [-0.2, 0) is 0 Å². The molecule has 0 saturated heterocycles. The molecule has 1 heterocycles. The molecule has 4 rings (SSSR count). The fourth-order valence-corrected chi connectivity index (χ4v) is 2.72. The molecule has 0 saturated carbocycles. The van der Waals surface area contributed by atoms with E-state index in [-0.39, 0.29) is 22.9 Å². The average Bonchev–Trinajstić information content (AvgIpc) is 2.99. The molecule has 0 fully saturated rings. The zero-order valence-electron chi connectivity index (χ0n) is 11.2. The molecule has 0 amide bonds. The molecule has 22 heavy (non-hydrogen) atoms. The highest BCUT2D eigenvalue weighted by atomic mass is 35.5. The van der Waals surface area contributed by atoms with Gasteiger partial charge in [0, 0.05) is 21.7 Å². The van der Waals surface area contributed by atoms with Crippen LogP contribution < -0.4 is 0 Å². The van der Waals surface area contributed by atoms with E-state index < -0.39 is 0 Å². The summed E-state index contributed by atoms with van der Waals surface area (Å²) in [5.74, 6) is -0.581. The zero-order valence-corrected chi connectivity index (χ0v) is 11.9. The largest absolute Gasteiger partial charge is 0.351 e. The zero-order chi connectivity index (χ0) is 15.3. The molecule has 0 N–H and O–H groups in total. The standard InChI is InChI=1S/C17H8ClNO3/c18-10-7-5-9(6-8-10)14-13-15(20)11-3-1-2-4-12(11)16(21)17(13)22-19-14/h1-8H. The summed E-state index contributed by atoms with van der Waals surface area (Å²) in [6.07, 6.45) is 0. The Hall–Kier alpha value is -2.72. The van der Waals surface area contributed by atoms with Crippen molar-refractivity contribution in [3.8, 4) is 11.3 Å². The number of carbonyl (C=O) groups excluding carboxylic acids is 2. The molecule has 0 atom stereocenters. The lowest BCUT2D eigenvalue weighted by molar-refractivity contribution is 0.0955.